The first-order valence-electron chi connectivity index (χ1n) is 7.51. The molecule has 0 saturated heterocycles. The van der Waals surface area contributed by atoms with Gasteiger partial charge in [0.2, 0.25) is 11.7 Å². The van der Waals surface area contributed by atoms with E-state index in [2.05, 4.69) is 46.2 Å². The number of hydrogen-bond donors (Lipinski definition) is 0. The molecule has 0 spiro atoms. The molecule has 0 radical (unpaired) electrons. The van der Waals surface area contributed by atoms with E-state index in [1.165, 1.54) is 11.3 Å². The zero-order chi connectivity index (χ0) is 14.9. The summed E-state index contributed by atoms with van der Waals surface area (Å²) in [5.74, 6) is 1.35. The Bertz CT molecular complexity index is 766. The number of hydrogen-bond acceptors (Lipinski definition) is 5. The summed E-state index contributed by atoms with van der Waals surface area (Å²) in [6, 6.07) is 11.1. The average Bonchev–Trinajstić information content (AvgIpc) is 3.21. The Morgan fingerprint density at radius 2 is 2.23 bits per heavy atom. The van der Waals surface area contributed by atoms with Crippen molar-refractivity contribution in [3.63, 3.8) is 0 Å². The summed E-state index contributed by atoms with van der Waals surface area (Å²) in [5.41, 5.74) is 3.71. The monoisotopic (exact) mass is 311 g/mol. The summed E-state index contributed by atoms with van der Waals surface area (Å²) in [7, 11) is 0. The van der Waals surface area contributed by atoms with Crippen LogP contribution < -0.4 is 4.90 Å². The summed E-state index contributed by atoms with van der Waals surface area (Å²) in [4.78, 5) is 6.91. The minimum Gasteiger partial charge on any atom is -0.359 e. The highest BCUT2D eigenvalue weighted by atomic mass is 32.1. The van der Waals surface area contributed by atoms with Gasteiger partial charge in [-0.15, -0.1) is 0 Å². The normalized spacial score (nSPS) is 17.5. The molecule has 0 N–H and O–H groups in total. The smallest absolute Gasteiger partial charge is 0.246 e. The predicted octanol–water partition coefficient (Wildman–Crippen LogP) is 4.14. The molecule has 3 heterocycles. The molecule has 2 aromatic heterocycles. The minimum atomic E-state index is 0.478. The predicted molar refractivity (Wildman–Crippen MR) is 88.0 cm³/mol. The summed E-state index contributed by atoms with van der Waals surface area (Å²) in [6.07, 6.45) is 2.29. The van der Waals surface area contributed by atoms with Crippen molar-refractivity contribution in [3.8, 4) is 11.4 Å². The molecular formula is C17H17N3OS. The molecule has 0 amide bonds. The van der Waals surface area contributed by atoms with Crippen LogP contribution in [0.5, 0.6) is 0 Å². The highest BCUT2D eigenvalue weighted by Gasteiger charge is 2.24. The second kappa shape index (κ2) is 5.57. The lowest BCUT2D eigenvalue weighted by atomic mass is 9.97. The standard InChI is InChI=1S/C17H17N3OS/c1-12-6-7-13-4-2-3-5-15(13)20(12)10-16-18-17(19-21-16)14-8-9-22-11-14/h2-5,8-9,11-12H,6-7,10H2,1H3. The van der Waals surface area contributed by atoms with Gasteiger partial charge in [-0.05, 0) is 42.8 Å². The van der Waals surface area contributed by atoms with Gasteiger partial charge in [0.1, 0.15) is 0 Å². The molecule has 112 valence electrons. The molecule has 0 saturated carbocycles. The first-order chi connectivity index (χ1) is 10.8. The van der Waals surface area contributed by atoms with Gasteiger partial charge in [0.15, 0.2) is 0 Å². The SMILES string of the molecule is CC1CCc2ccccc2N1Cc1nc(-c2ccsc2)no1. The molecule has 3 aromatic rings. The Morgan fingerprint density at radius 3 is 3.09 bits per heavy atom. The van der Waals surface area contributed by atoms with E-state index in [0.29, 0.717) is 24.3 Å². The molecule has 4 rings (SSSR count). The van der Waals surface area contributed by atoms with Crippen molar-refractivity contribution in [2.75, 3.05) is 4.90 Å². The molecular weight excluding hydrogens is 294 g/mol. The van der Waals surface area contributed by atoms with Gasteiger partial charge in [-0.25, -0.2) is 0 Å². The summed E-state index contributed by atoms with van der Waals surface area (Å²) >= 11 is 1.64. The zero-order valence-corrected chi connectivity index (χ0v) is 13.2. The number of fused-ring (bicyclic) bond motifs is 1. The number of nitrogens with zero attached hydrogens (tertiary/aromatic N) is 3. The third-order valence-electron chi connectivity index (χ3n) is 4.22. The fraction of sp³-hybridized carbons (Fsp3) is 0.294. The van der Waals surface area contributed by atoms with Crippen LogP contribution in [0.15, 0.2) is 45.6 Å². The van der Waals surface area contributed by atoms with Gasteiger partial charge in [-0.1, -0.05) is 23.4 Å². The van der Waals surface area contributed by atoms with Gasteiger partial charge >= 0.3 is 0 Å². The van der Waals surface area contributed by atoms with Crippen LogP contribution in [-0.4, -0.2) is 16.2 Å². The Morgan fingerprint density at radius 1 is 1.32 bits per heavy atom. The molecule has 1 aliphatic rings. The number of aryl methyl sites for hydroxylation is 1. The molecule has 0 bridgehead atoms. The summed E-state index contributed by atoms with van der Waals surface area (Å²) < 4.78 is 5.46. The lowest BCUT2D eigenvalue weighted by Crippen LogP contribution is -2.36. The van der Waals surface area contributed by atoms with Crippen molar-refractivity contribution >= 4 is 17.0 Å². The van der Waals surface area contributed by atoms with E-state index < -0.39 is 0 Å². The fourth-order valence-corrected chi connectivity index (χ4v) is 3.61. The number of thiophene rings is 1. The number of rotatable bonds is 3. The second-order valence-electron chi connectivity index (χ2n) is 5.67. The van der Waals surface area contributed by atoms with E-state index in [-0.39, 0.29) is 0 Å². The number of benzene rings is 1. The average molecular weight is 311 g/mol. The van der Waals surface area contributed by atoms with Crippen LogP contribution in [0.4, 0.5) is 5.69 Å². The topological polar surface area (TPSA) is 42.2 Å². The Kier molecular flexibility index (Phi) is 3.42. The quantitative estimate of drug-likeness (QED) is 0.729. The Balaban J connectivity index is 1.61. The molecule has 22 heavy (non-hydrogen) atoms. The van der Waals surface area contributed by atoms with Gasteiger partial charge in [-0.3, -0.25) is 0 Å². The molecule has 4 nitrogen and oxygen atoms in total. The highest BCUT2D eigenvalue weighted by molar-refractivity contribution is 7.08. The maximum atomic E-state index is 5.46. The van der Waals surface area contributed by atoms with E-state index in [1.54, 1.807) is 11.3 Å². The van der Waals surface area contributed by atoms with Crippen molar-refractivity contribution < 1.29 is 4.52 Å². The van der Waals surface area contributed by atoms with Crippen molar-refractivity contribution in [1.29, 1.82) is 0 Å². The number of aromatic nitrogens is 2. The van der Waals surface area contributed by atoms with Gasteiger partial charge in [0, 0.05) is 22.7 Å². The maximum Gasteiger partial charge on any atom is 0.246 e. The third-order valence-corrected chi connectivity index (χ3v) is 4.90. The zero-order valence-electron chi connectivity index (χ0n) is 12.4. The highest BCUT2D eigenvalue weighted by Crippen LogP contribution is 2.31. The summed E-state index contributed by atoms with van der Waals surface area (Å²) in [6.45, 7) is 2.92. The third kappa shape index (κ3) is 2.41. The van der Waals surface area contributed by atoms with Gasteiger partial charge in [0.25, 0.3) is 0 Å². The van der Waals surface area contributed by atoms with Crippen molar-refractivity contribution in [2.24, 2.45) is 0 Å². The van der Waals surface area contributed by atoms with Crippen LogP contribution in [0.2, 0.25) is 0 Å². The van der Waals surface area contributed by atoms with Crippen LogP contribution in [0.1, 0.15) is 24.8 Å². The van der Waals surface area contributed by atoms with E-state index in [4.69, 9.17) is 4.52 Å². The lowest BCUT2D eigenvalue weighted by molar-refractivity contribution is 0.369. The minimum absolute atomic E-state index is 0.478. The van der Waals surface area contributed by atoms with Crippen LogP contribution in [0.25, 0.3) is 11.4 Å². The van der Waals surface area contributed by atoms with Crippen molar-refractivity contribution in [3.05, 3.63) is 52.5 Å². The van der Waals surface area contributed by atoms with Gasteiger partial charge in [-0.2, -0.15) is 16.3 Å². The largest absolute Gasteiger partial charge is 0.359 e. The Hall–Kier alpha value is -2.14. The van der Waals surface area contributed by atoms with Crippen LogP contribution in [-0.2, 0) is 13.0 Å². The van der Waals surface area contributed by atoms with Gasteiger partial charge < -0.3 is 9.42 Å². The number of para-hydroxylation sites is 1. The molecule has 1 aliphatic heterocycles. The molecule has 1 aromatic carbocycles. The first kappa shape index (κ1) is 13.5. The van der Waals surface area contributed by atoms with E-state index in [1.807, 2.05) is 16.8 Å². The molecule has 1 atom stereocenters. The molecule has 5 heteroatoms. The molecule has 1 unspecified atom stereocenters. The fourth-order valence-electron chi connectivity index (χ4n) is 2.97. The lowest BCUT2D eigenvalue weighted by Gasteiger charge is -2.36. The van der Waals surface area contributed by atoms with E-state index in [9.17, 15) is 0 Å². The van der Waals surface area contributed by atoms with E-state index in [0.717, 1.165) is 18.4 Å². The number of anilines is 1. The molecule has 0 fully saturated rings. The summed E-state index contributed by atoms with van der Waals surface area (Å²) in [5, 5.41) is 8.16. The van der Waals surface area contributed by atoms with Crippen LogP contribution >= 0.6 is 11.3 Å². The maximum absolute atomic E-state index is 5.46. The molecule has 0 aliphatic carbocycles. The van der Waals surface area contributed by atoms with Gasteiger partial charge in [0.05, 0.1) is 6.54 Å². The van der Waals surface area contributed by atoms with Crippen molar-refractivity contribution in [1.82, 2.24) is 10.1 Å². The van der Waals surface area contributed by atoms with Crippen LogP contribution in [0, 0.1) is 0 Å². The van der Waals surface area contributed by atoms with Crippen LogP contribution in [0.3, 0.4) is 0 Å². The second-order valence-corrected chi connectivity index (χ2v) is 6.45. The van der Waals surface area contributed by atoms with Crippen molar-refractivity contribution in [2.45, 2.75) is 32.4 Å². The van der Waals surface area contributed by atoms with E-state index >= 15 is 0 Å². The Labute approximate surface area is 133 Å². The first-order valence-corrected chi connectivity index (χ1v) is 8.45.